The van der Waals surface area contributed by atoms with Gasteiger partial charge in [-0.15, -0.1) is 11.3 Å². The van der Waals surface area contributed by atoms with Crippen LogP contribution < -0.4 is 10.6 Å². The Morgan fingerprint density at radius 3 is 2.68 bits per heavy atom. The summed E-state index contributed by atoms with van der Waals surface area (Å²) in [5.41, 5.74) is 0.206. The molecule has 1 aromatic carbocycles. The van der Waals surface area contributed by atoms with E-state index in [0.717, 1.165) is 11.3 Å². The van der Waals surface area contributed by atoms with Gasteiger partial charge in [-0.25, -0.2) is 18.2 Å². The summed E-state index contributed by atoms with van der Waals surface area (Å²) in [6.07, 6.45) is 0. The molecule has 0 spiro atoms. The predicted octanol–water partition coefficient (Wildman–Crippen LogP) is 0.918. The Bertz CT molecular complexity index is 1080. The van der Waals surface area contributed by atoms with Crippen molar-refractivity contribution in [3.05, 3.63) is 35.3 Å². The highest BCUT2D eigenvalue weighted by Crippen LogP contribution is 2.21. The van der Waals surface area contributed by atoms with Crippen molar-refractivity contribution in [2.24, 2.45) is 0 Å². The van der Waals surface area contributed by atoms with Crippen LogP contribution >= 0.6 is 11.3 Å². The molecule has 0 radical (unpaired) electrons. The first kappa shape index (κ1) is 22.8. The fraction of sp³-hybridized carbons (Fsp3) is 0.333. The molecule has 0 unspecified atom stereocenters. The Hall–Kier alpha value is -2.87. The van der Waals surface area contributed by atoms with Crippen LogP contribution in [-0.4, -0.2) is 68.4 Å². The number of anilines is 2. The molecule has 166 valence electrons. The monoisotopic (exact) mass is 468 g/mol. The first-order valence-electron chi connectivity index (χ1n) is 9.14. The lowest BCUT2D eigenvalue weighted by molar-refractivity contribution is -0.119. The Morgan fingerprint density at radius 1 is 1.23 bits per heavy atom. The summed E-state index contributed by atoms with van der Waals surface area (Å²) in [5.74, 6) is -1.80. The number of amides is 2. The van der Waals surface area contributed by atoms with Crippen LogP contribution in [0.4, 0.5) is 10.8 Å². The summed E-state index contributed by atoms with van der Waals surface area (Å²) in [6, 6.07) is 5.81. The first-order valence-corrected chi connectivity index (χ1v) is 11.5. The largest absolute Gasteiger partial charge is 0.451 e. The molecule has 0 aliphatic carbocycles. The number of esters is 1. The third-order valence-electron chi connectivity index (χ3n) is 4.06. The van der Waals surface area contributed by atoms with Crippen molar-refractivity contribution in [1.82, 2.24) is 9.29 Å². The highest BCUT2D eigenvalue weighted by atomic mass is 32.2. The van der Waals surface area contributed by atoms with Crippen LogP contribution in [0.3, 0.4) is 0 Å². The molecule has 1 aliphatic rings. The summed E-state index contributed by atoms with van der Waals surface area (Å²) >= 11 is 1.05. The molecule has 1 aromatic heterocycles. The molecular formula is C18H20N4O7S2. The molecule has 2 N–H and O–H groups in total. The van der Waals surface area contributed by atoms with Crippen LogP contribution in [0.15, 0.2) is 34.5 Å². The maximum absolute atomic E-state index is 12.7. The van der Waals surface area contributed by atoms with Crippen LogP contribution in [0.5, 0.6) is 0 Å². The number of sulfonamides is 1. The number of thiazole rings is 1. The van der Waals surface area contributed by atoms with Gasteiger partial charge in [0.25, 0.3) is 5.91 Å². The van der Waals surface area contributed by atoms with Gasteiger partial charge >= 0.3 is 5.97 Å². The van der Waals surface area contributed by atoms with E-state index in [1.54, 1.807) is 0 Å². The minimum atomic E-state index is -3.71. The number of benzene rings is 1. The quantitative estimate of drug-likeness (QED) is 0.571. The molecule has 11 nitrogen and oxygen atoms in total. The highest BCUT2D eigenvalue weighted by molar-refractivity contribution is 7.89. The van der Waals surface area contributed by atoms with E-state index >= 15 is 0 Å². The van der Waals surface area contributed by atoms with Crippen LogP contribution in [0.25, 0.3) is 0 Å². The van der Waals surface area contributed by atoms with E-state index in [9.17, 15) is 22.8 Å². The molecule has 13 heteroatoms. The molecule has 2 aromatic rings. The van der Waals surface area contributed by atoms with Crippen LogP contribution in [-0.2, 0) is 29.1 Å². The molecule has 3 rings (SSSR count). The molecule has 2 heterocycles. The zero-order valence-corrected chi connectivity index (χ0v) is 18.1. The third kappa shape index (κ3) is 6.07. The van der Waals surface area contributed by atoms with Crippen molar-refractivity contribution in [2.45, 2.75) is 11.8 Å². The van der Waals surface area contributed by atoms with E-state index in [-0.39, 0.29) is 40.4 Å². The number of morpholine rings is 1. The molecule has 31 heavy (non-hydrogen) atoms. The Kier molecular flexibility index (Phi) is 7.33. The van der Waals surface area contributed by atoms with Gasteiger partial charge in [0.1, 0.15) is 0 Å². The second-order valence-electron chi connectivity index (χ2n) is 6.39. The molecular weight excluding hydrogens is 448 g/mol. The predicted molar refractivity (Wildman–Crippen MR) is 111 cm³/mol. The molecule has 0 atom stereocenters. The zero-order chi connectivity index (χ0) is 22.4. The maximum Gasteiger partial charge on any atom is 0.358 e. The van der Waals surface area contributed by atoms with Gasteiger partial charge in [0.15, 0.2) is 17.4 Å². The fourth-order valence-corrected chi connectivity index (χ4v) is 4.83. The molecule has 1 fully saturated rings. The maximum atomic E-state index is 12.7. The van der Waals surface area contributed by atoms with Crippen molar-refractivity contribution >= 4 is 50.0 Å². The number of carbonyl (C=O) groups is 3. The number of carbonyl (C=O) groups excluding carboxylic acids is 3. The van der Waals surface area contributed by atoms with Crippen LogP contribution in [0, 0.1) is 0 Å². The summed E-state index contributed by atoms with van der Waals surface area (Å²) in [7, 11) is -3.71. The second-order valence-corrected chi connectivity index (χ2v) is 9.18. The van der Waals surface area contributed by atoms with Crippen molar-refractivity contribution < 1.29 is 32.3 Å². The molecule has 1 saturated heterocycles. The molecule has 2 amide bonds. The van der Waals surface area contributed by atoms with Crippen molar-refractivity contribution in [1.29, 1.82) is 0 Å². The van der Waals surface area contributed by atoms with E-state index in [1.807, 2.05) is 0 Å². The zero-order valence-electron chi connectivity index (χ0n) is 16.5. The first-order chi connectivity index (χ1) is 14.8. The number of hydrogen-bond donors (Lipinski definition) is 2. The Balaban J connectivity index is 1.57. The minimum absolute atomic E-state index is 0.0390. The minimum Gasteiger partial charge on any atom is -0.451 e. The average Bonchev–Trinajstić information content (AvgIpc) is 3.20. The van der Waals surface area contributed by atoms with Gasteiger partial charge in [0, 0.05) is 31.1 Å². The van der Waals surface area contributed by atoms with Crippen molar-refractivity contribution in [3.63, 3.8) is 0 Å². The summed E-state index contributed by atoms with van der Waals surface area (Å²) < 4.78 is 36.9. The summed E-state index contributed by atoms with van der Waals surface area (Å²) in [6.45, 7) is 1.89. The number of nitrogens with zero attached hydrogens (tertiary/aromatic N) is 2. The van der Waals surface area contributed by atoms with Gasteiger partial charge < -0.3 is 20.1 Å². The summed E-state index contributed by atoms with van der Waals surface area (Å²) in [5, 5.41) is 6.57. The van der Waals surface area contributed by atoms with Gasteiger partial charge in [-0.2, -0.15) is 4.31 Å². The van der Waals surface area contributed by atoms with Crippen LogP contribution in [0.2, 0.25) is 0 Å². The molecule has 0 saturated carbocycles. The van der Waals surface area contributed by atoms with Gasteiger partial charge in [-0.3, -0.25) is 9.59 Å². The van der Waals surface area contributed by atoms with Gasteiger partial charge in [0.2, 0.25) is 15.9 Å². The topological polar surface area (TPSA) is 144 Å². The van der Waals surface area contributed by atoms with E-state index in [1.165, 1.54) is 40.9 Å². The number of hydrogen-bond acceptors (Lipinski definition) is 9. The summed E-state index contributed by atoms with van der Waals surface area (Å²) in [4.78, 5) is 39.0. The van der Waals surface area contributed by atoms with Crippen LogP contribution in [0.1, 0.15) is 17.4 Å². The van der Waals surface area contributed by atoms with Crippen molar-refractivity contribution in [2.75, 3.05) is 43.5 Å². The number of ether oxygens (including phenoxy) is 2. The SMILES string of the molecule is CC(=O)Nc1nc(C(=O)OCC(=O)Nc2cccc(S(=O)(=O)N3CCOCC3)c2)cs1. The van der Waals surface area contributed by atoms with Gasteiger partial charge in [-0.05, 0) is 18.2 Å². The highest BCUT2D eigenvalue weighted by Gasteiger charge is 2.26. The van der Waals surface area contributed by atoms with E-state index in [4.69, 9.17) is 9.47 Å². The number of aromatic nitrogens is 1. The third-order valence-corrected chi connectivity index (χ3v) is 6.71. The lowest BCUT2D eigenvalue weighted by atomic mass is 10.3. The average molecular weight is 469 g/mol. The smallest absolute Gasteiger partial charge is 0.358 e. The fourth-order valence-electron chi connectivity index (χ4n) is 2.65. The number of nitrogens with one attached hydrogen (secondary N) is 2. The Morgan fingerprint density at radius 2 is 1.97 bits per heavy atom. The lowest BCUT2D eigenvalue weighted by Gasteiger charge is -2.26. The number of rotatable bonds is 7. The van der Waals surface area contributed by atoms with E-state index in [2.05, 4.69) is 15.6 Å². The second kappa shape index (κ2) is 9.96. The van der Waals surface area contributed by atoms with E-state index < -0.39 is 28.5 Å². The Labute approximate surface area is 182 Å². The normalized spacial score (nSPS) is 14.6. The van der Waals surface area contributed by atoms with Crippen molar-refractivity contribution in [3.8, 4) is 0 Å². The molecule has 0 bridgehead atoms. The van der Waals surface area contributed by atoms with E-state index in [0.29, 0.717) is 13.2 Å². The molecule has 1 aliphatic heterocycles. The standard InChI is InChI=1S/C18H20N4O7S2/c1-12(23)19-18-21-15(11-30-18)17(25)29-10-16(24)20-13-3-2-4-14(9-13)31(26,27)22-5-7-28-8-6-22/h2-4,9,11H,5-8,10H2,1H3,(H,20,24)(H,19,21,23). The lowest BCUT2D eigenvalue weighted by Crippen LogP contribution is -2.40. The van der Waals surface area contributed by atoms with Gasteiger partial charge in [0.05, 0.1) is 18.1 Å². The van der Waals surface area contributed by atoms with Gasteiger partial charge in [-0.1, -0.05) is 6.07 Å².